The lowest BCUT2D eigenvalue weighted by molar-refractivity contribution is 0.0955. The second kappa shape index (κ2) is 4.65. The van der Waals surface area contributed by atoms with Gasteiger partial charge < -0.3 is 4.90 Å². The lowest BCUT2D eigenvalue weighted by atomic mass is 10.00. The molecule has 4 heteroatoms. The van der Waals surface area contributed by atoms with Crippen LogP contribution in [0.2, 0.25) is 0 Å². The molecule has 0 N–H and O–H groups in total. The molecule has 1 aromatic carbocycles. The predicted molar refractivity (Wildman–Crippen MR) is 71.3 cm³/mol. The molecule has 0 saturated heterocycles. The van der Waals surface area contributed by atoms with E-state index in [-0.39, 0.29) is 11.7 Å². The summed E-state index contributed by atoms with van der Waals surface area (Å²) >= 11 is 0. The zero-order valence-electron chi connectivity index (χ0n) is 10.2. The number of pyridine rings is 1. The number of hydrogen-bond donors (Lipinski definition) is 0. The van der Waals surface area contributed by atoms with Gasteiger partial charge in [0.25, 0.3) is 5.91 Å². The van der Waals surface area contributed by atoms with Crippen LogP contribution in [0.15, 0.2) is 48.8 Å². The number of carbonyl (C=O) groups is 2. The molecule has 0 saturated carbocycles. The van der Waals surface area contributed by atoms with Gasteiger partial charge in [0, 0.05) is 30.9 Å². The maximum Gasteiger partial charge on any atom is 0.259 e. The quantitative estimate of drug-likeness (QED) is 0.782. The molecule has 2 aromatic rings. The number of benzene rings is 1. The maximum atomic E-state index is 12.4. The summed E-state index contributed by atoms with van der Waals surface area (Å²) in [6, 6.07) is 10.7. The number of fused-ring (bicyclic) bond motifs is 1. The predicted octanol–water partition coefficient (Wildman–Crippen LogP) is 2.31. The van der Waals surface area contributed by atoms with E-state index >= 15 is 0 Å². The molecule has 1 aromatic heterocycles. The molecule has 0 aliphatic carbocycles. The second-order valence-electron chi connectivity index (χ2n) is 4.39. The third kappa shape index (κ3) is 2.01. The third-order valence-corrected chi connectivity index (χ3v) is 3.21. The van der Waals surface area contributed by atoms with Crippen LogP contribution >= 0.6 is 0 Å². The van der Waals surface area contributed by atoms with Crippen molar-refractivity contribution < 1.29 is 9.59 Å². The van der Waals surface area contributed by atoms with E-state index < -0.39 is 0 Å². The smallest absolute Gasteiger partial charge is 0.259 e. The van der Waals surface area contributed by atoms with Crippen molar-refractivity contribution in [3.8, 4) is 0 Å². The molecular formula is C15H12N2O2. The molecule has 19 heavy (non-hydrogen) atoms. The van der Waals surface area contributed by atoms with E-state index in [1.165, 1.54) is 0 Å². The first-order chi connectivity index (χ1) is 9.27. The minimum Gasteiger partial charge on any atom is -0.307 e. The van der Waals surface area contributed by atoms with E-state index in [0.717, 1.165) is 0 Å². The summed E-state index contributed by atoms with van der Waals surface area (Å²) in [5.74, 6) is -0.0288. The van der Waals surface area contributed by atoms with E-state index in [0.29, 0.717) is 29.8 Å². The van der Waals surface area contributed by atoms with Crippen molar-refractivity contribution in [3.63, 3.8) is 0 Å². The van der Waals surface area contributed by atoms with E-state index in [9.17, 15) is 9.59 Å². The Hall–Kier alpha value is -2.49. The monoisotopic (exact) mass is 252 g/mol. The van der Waals surface area contributed by atoms with Crippen molar-refractivity contribution in [1.29, 1.82) is 0 Å². The SMILES string of the molecule is O=C1CCN(C(=O)c2cccnc2)c2ccccc21. The molecular weight excluding hydrogens is 240 g/mol. The van der Waals surface area contributed by atoms with Crippen LogP contribution in [0.5, 0.6) is 0 Å². The Morgan fingerprint density at radius 3 is 2.79 bits per heavy atom. The molecule has 1 amide bonds. The van der Waals surface area contributed by atoms with Crippen LogP contribution in [0.3, 0.4) is 0 Å². The summed E-state index contributed by atoms with van der Waals surface area (Å²) in [4.78, 5) is 29.9. The zero-order valence-corrected chi connectivity index (χ0v) is 10.2. The highest BCUT2D eigenvalue weighted by molar-refractivity contribution is 6.13. The van der Waals surface area contributed by atoms with E-state index in [1.54, 1.807) is 41.6 Å². The Morgan fingerprint density at radius 2 is 2.00 bits per heavy atom. The van der Waals surface area contributed by atoms with Gasteiger partial charge in [-0.1, -0.05) is 12.1 Å². The Morgan fingerprint density at radius 1 is 1.16 bits per heavy atom. The summed E-state index contributed by atoms with van der Waals surface area (Å²) < 4.78 is 0. The van der Waals surface area contributed by atoms with Gasteiger partial charge in [-0.05, 0) is 24.3 Å². The Kier molecular flexibility index (Phi) is 2.83. The number of hydrogen-bond acceptors (Lipinski definition) is 3. The molecule has 0 bridgehead atoms. The van der Waals surface area contributed by atoms with Gasteiger partial charge in [-0.15, -0.1) is 0 Å². The number of nitrogens with zero attached hydrogens (tertiary/aromatic N) is 2. The zero-order chi connectivity index (χ0) is 13.2. The lowest BCUT2D eigenvalue weighted by Crippen LogP contribution is -2.37. The molecule has 1 aliphatic rings. The Balaban J connectivity index is 2.02. The average molecular weight is 252 g/mol. The summed E-state index contributed by atoms with van der Waals surface area (Å²) in [6.07, 6.45) is 3.54. The summed E-state index contributed by atoms with van der Waals surface area (Å²) in [7, 11) is 0. The molecule has 4 nitrogen and oxygen atoms in total. The fourth-order valence-corrected chi connectivity index (χ4v) is 2.27. The molecule has 1 aliphatic heterocycles. The summed E-state index contributed by atoms with van der Waals surface area (Å²) in [6.45, 7) is 0.420. The number of para-hydroxylation sites is 1. The van der Waals surface area contributed by atoms with Gasteiger partial charge in [0.15, 0.2) is 5.78 Å². The highest BCUT2D eigenvalue weighted by atomic mass is 16.2. The number of carbonyl (C=O) groups excluding carboxylic acids is 2. The Labute approximate surface area is 110 Å². The fraction of sp³-hybridized carbons (Fsp3) is 0.133. The van der Waals surface area contributed by atoms with Crippen molar-refractivity contribution in [2.24, 2.45) is 0 Å². The minimum atomic E-state index is -0.118. The van der Waals surface area contributed by atoms with Gasteiger partial charge in [0.05, 0.1) is 11.3 Å². The number of amides is 1. The number of aromatic nitrogens is 1. The average Bonchev–Trinajstić information content (AvgIpc) is 2.48. The molecule has 0 atom stereocenters. The normalized spacial score (nSPS) is 14.1. The highest BCUT2D eigenvalue weighted by Gasteiger charge is 2.27. The van der Waals surface area contributed by atoms with Gasteiger partial charge in [0.2, 0.25) is 0 Å². The third-order valence-electron chi connectivity index (χ3n) is 3.21. The first-order valence-corrected chi connectivity index (χ1v) is 6.11. The van der Waals surface area contributed by atoms with Crippen LogP contribution in [0.25, 0.3) is 0 Å². The van der Waals surface area contributed by atoms with Crippen LogP contribution in [0.1, 0.15) is 27.1 Å². The lowest BCUT2D eigenvalue weighted by Gasteiger charge is -2.28. The second-order valence-corrected chi connectivity index (χ2v) is 4.39. The van der Waals surface area contributed by atoms with Gasteiger partial charge in [-0.2, -0.15) is 0 Å². The van der Waals surface area contributed by atoms with E-state index in [4.69, 9.17) is 0 Å². The van der Waals surface area contributed by atoms with Crippen molar-refractivity contribution >= 4 is 17.4 Å². The van der Waals surface area contributed by atoms with Crippen LogP contribution < -0.4 is 4.90 Å². The van der Waals surface area contributed by atoms with Crippen LogP contribution in [-0.2, 0) is 0 Å². The topological polar surface area (TPSA) is 50.3 Å². The van der Waals surface area contributed by atoms with Gasteiger partial charge in [0.1, 0.15) is 0 Å². The van der Waals surface area contributed by atoms with Crippen LogP contribution in [0, 0.1) is 0 Å². The van der Waals surface area contributed by atoms with Crippen molar-refractivity contribution in [1.82, 2.24) is 4.98 Å². The molecule has 0 unspecified atom stereocenters. The van der Waals surface area contributed by atoms with Crippen molar-refractivity contribution in [2.45, 2.75) is 6.42 Å². The van der Waals surface area contributed by atoms with Gasteiger partial charge >= 0.3 is 0 Å². The van der Waals surface area contributed by atoms with E-state index in [2.05, 4.69) is 4.98 Å². The number of ketones is 1. The molecule has 3 rings (SSSR count). The van der Waals surface area contributed by atoms with Crippen molar-refractivity contribution in [2.75, 3.05) is 11.4 Å². The summed E-state index contributed by atoms with van der Waals surface area (Å²) in [5, 5.41) is 0. The molecule has 94 valence electrons. The minimum absolute atomic E-state index is 0.0887. The molecule has 0 fully saturated rings. The number of Topliss-reactive ketones (excluding diaryl/α,β-unsaturated/α-hetero) is 1. The fourth-order valence-electron chi connectivity index (χ4n) is 2.27. The van der Waals surface area contributed by atoms with Gasteiger partial charge in [-0.25, -0.2) is 0 Å². The van der Waals surface area contributed by atoms with Crippen molar-refractivity contribution in [3.05, 3.63) is 59.9 Å². The summed E-state index contributed by atoms with van der Waals surface area (Å²) in [5.41, 5.74) is 1.84. The highest BCUT2D eigenvalue weighted by Crippen LogP contribution is 2.27. The number of rotatable bonds is 1. The molecule has 2 heterocycles. The first-order valence-electron chi connectivity index (χ1n) is 6.11. The Bertz CT molecular complexity index is 638. The molecule has 0 radical (unpaired) electrons. The van der Waals surface area contributed by atoms with Gasteiger partial charge in [-0.3, -0.25) is 14.6 Å². The molecule has 0 spiro atoms. The number of anilines is 1. The largest absolute Gasteiger partial charge is 0.307 e. The van der Waals surface area contributed by atoms with E-state index in [1.807, 2.05) is 12.1 Å². The maximum absolute atomic E-state index is 12.4. The first kappa shape index (κ1) is 11.6. The standard InChI is InChI=1S/C15H12N2O2/c18-14-7-9-17(13-6-2-1-5-12(13)14)15(19)11-4-3-8-16-10-11/h1-6,8,10H,7,9H2. The van der Waals surface area contributed by atoms with Crippen LogP contribution in [-0.4, -0.2) is 23.2 Å². The van der Waals surface area contributed by atoms with Crippen LogP contribution in [0.4, 0.5) is 5.69 Å².